The predicted octanol–water partition coefficient (Wildman–Crippen LogP) is 2.59. The Morgan fingerprint density at radius 1 is 1.10 bits per heavy atom. The lowest BCUT2D eigenvalue weighted by Gasteiger charge is -2.36. The lowest BCUT2D eigenvalue weighted by Crippen LogP contribution is -2.47. The number of hydrogen-bond acceptors (Lipinski definition) is 4. The minimum absolute atomic E-state index is 0. The minimum Gasteiger partial charge on any atom is -0.370 e. The number of rotatable bonds is 7. The highest BCUT2D eigenvalue weighted by Crippen LogP contribution is 2.23. The van der Waals surface area contributed by atoms with Gasteiger partial charge in [-0.05, 0) is 43.2 Å². The molecule has 0 unspecified atom stereocenters. The van der Waals surface area contributed by atoms with Crippen LogP contribution in [0.4, 0.5) is 5.69 Å². The number of pyridine rings is 1. The van der Waals surface area contributed by atoms with Crippen molar-refractivity contribution in [2.75, 3.05) is 50.7 Å². The van der Waals surface area contributed by atoms with Crippen molar-refractivity contribution in [3.63, 3.8) is 0 Å². The van der Waals surface area contributed by atoms with Crippen molar-refractivity contribution in [3.05, 3.63) is 59.4 Å². The van der Waals surface area contributed by atoms with Crippen molar-refractivity contribution in [1.82, 2.24) is 15.2 Å². The first-order valence-corrected chi connectivity index (χ1v) is 10.1. The predicted molar refractivity (Wildman–Crippen MR) is 132 cm³/mol. The molecular weight excluding hydrogens is 475 g/mol. The van der Waals surface area contributed by atoms with E-state index in [0.717, 1.165) is 57.9 Å². The van der Waals surface area contributed by atoms with E-state index in [1.54, 1.807) is 0 Å². The zero-order valence-electron chi connectivity index (χ0n) is 17.5. The van der Waals surface area contributed by atoms with E-state index in [1.165, 1.54) is 16.8 Å². The summed E-state index contributed by atoms with van der Waals surface area (Å²) < 4.78 is 0. The molecule has 1 aromatic carbocycles. The van der Waals surface area contributed by atoms with Gasteiger partial charge in [-0.15, -0.1) is 24.0 Å². The van der Waals surface area contributed by atoms with Crippen LogP contribution in [0.1, 0.15) is 16.8 Å². The van der Waals surface area contributed by atoms with E-state index in [4.69, 9.17) is 5.73 Å². The largest absolute Gasteiger partial charge is 0.370 e. The summed E-state index contributed by atoms with van der Waals surface area (Å²) in [4.78, 5) is 13.7. The summed E-state index contributed by atoms with van der Waals surface area (Å²) in [7, 11) is 0. The van der Waals surface area contributed by atoms with Crippen LogP contribution in [0.15, 0.2) is 47.6 Å². The molecule has 0 atom stereocenters. The zero-order valence-corrected chi connectivity index (χ0v) is 19.8. The number of aromatic nitrogens is 1. The number of nitrogens with zero attached hydrogens (tertiary/aromatic N) is 4. The van der Waals surface area contributed by atoms with Crippen LogP contribution in [-0.2, 0) is 6.42 Å². The van der Waals surface area contributed by atoms with E-state index in [2.05, 4.69) is 57.1 Å². The molecule has 2 aromatic rings. The Morgan fingerprint density at radius 3 is 2.62 bits per heavy atom. The molecule has 1 fully saturated rings. The Hall–Kier alpha value is -1.87. The fourth-order valence-electron chi connectivity index (χ4n) is 3.52. The number of guanidine groups is 1. The molecule has 0 bridgehead atoms. The lowest BCUT2D eigenvalue weighted by atomic mass is 10.1. The molecule has 7 heteroatoms. The summed E-state index contributed by atoms with van der Waals surface area (Å²) in [5.74, 6) is 0.518. The molecule has 2 heterocycles. The van der Waals surface area contributed by atoms with E-state index in [9.17, 15) is 0 Å². The van der Waals surface area contributed by atoms with Gasteiger partial charge in [-0.3, -0.25) is 14.9 Å². The second kappa shape index (κ2) is 12.0. The molecule has 1 saturated heterocycles. The highest BCUT2D eigenvalue weighted by molar-refractivity contribution is 14.0. The lowest BCUT2D eigenvalue weighted by molar-refractivity contribution is 0.265. The summed E-state index contributed by atoms with van der Waals surface area (Å²) >= 11 is 0. The molecule has 29 heavy (non-hydrogen) atoms. The van der Waals surface area contributed by atoms with Crippen LogP contribution in [0.3, 0.4) is 0 Å². The molecular formula is C22H33IN6. The first-order chi connectivity index (χ1) is 13.6. The van der Waals surface area contributed by atoms with Gasteiger partial charge in [0.2, 0.25) is 0 Å². The molecule has 1 aliphatic rings. The fourth-order valence-corrected chi connectivity index (χ4v) is 3.52. The quantitative estimate of drug-likeness (QED) is 0.342. The molecule has 3 N–H and O–H groups in total. The highest BCUT2D eigenvalue weighted by atomic mass is 127. The van der Waals surface area contributed by atoms with Gasteiger partial charge in [-0.2, -0.15) is 0 Å². The van der Waals surface area contributed by atoms with Crippen LogP contribution in [0.25, 0.3) is 0 Å². The molecule has 3 rings (SSSR count). The molecule has 6 nitrogen and oxygen atoms in total. The molecule has 0 radical (unpaired) electrons. The number of benzene rings is 1. The minimum atomic E-state index is 0. The summed E-state index contributed by atoms with van der Waals surface area (Å²) in [6, 6.07) is 12.5. The molecule has 1 aromatic heterocycles. The van der Waals surface area contributed by atoms with E-state index < -0.39 is 0 Å². The van der Waals surface area contributed by atoms with E-state index in [1.807, 2.05) is 24.4 Å². The van der Waals surface area contributed by atoms with Crippen LogP contribution in [0.2, 0.25) is 0 Å². The number of piperazine rings is 1. The average Bonchev–Trinajstić information content (AvgIpc) is 2.71. The Morgan fingerprint density at radius 2 is 1.90 bits per heavy atom. The van der Waals surface area contributed by atoms with E-state index in [-0.39, 0.29) is 24.0 Å². The normalized spacial score (nSPS) is 15.1. The Labute approximate surface area is 191 Å². The molecule has 158 valence electrons. The highest BCUT2D eigenvalue weighted by Gasteiger charge is 2.18. The molecule has 1 aliphatic heterocycles. The third kappa shape index (κ3) is 7.15. The summed E-state index contributed by atoms with van der Waals surface area (Å²) in [6.07, 6.45) is 2.66. The monoisotopic (exact) mass is 508 g/mol. The van der Waals surface area contributed by atoms with Crippen molar-refractivity contribution in [3.8, 4) is 0 Å². The maximum absolute atomic E-state index is 5.97. The second-order valence-corrected chi connectivity index (χ2v) is 7.31. The van der Waals surface area contributed by atoms with Crippen molar-refractivity contribution in [2.45, 2.75) is 20.3 Å². The molecule has 0 spiro atoms. The van der Waals surface area contributed by atoms with Gasteiger partial charge >= 0.3 is 0 Å². The van der Waals surface area contributed by atoms with Crippen molar-refractivity contribution >= 4 is 35.6 Å². The summed E-state index contributed by atoms with van der Waals surface area (Å²) in [6.45, 7) is 11.1. The third-order valence-corrected chi connectivity index (χ3v) is 5.40. The SMILES string of the molecule is Cc1cccc(N2CCN(CCN=C(N)NCCc3ccccn3)CC2)c1C.I. The van der Waals surface area contributed by atoms with Crippen LogP contribution in [0.5, 0.6) is 0 Å². The van der Waals surface area contributed by atoms with Crippen LogP contribution in [0, 0.1) is 13.8 Å². The van der Waals surface area contributed by atoms with Crippen LogP contribution in [-0.4, -0.2) is 61.7 Å². The Balaban J connectivity index is 0.00000300. The van der Waals surface area contributed by atoms with Gasteiger partial charge in [0.05, 0.1) is 6.54 Å². The maximum atomic E-state index is 5.97. The van der Waals surface area contributed by atoms with Crippen molar-refractivity contribution < 1.29 is 0 Å². The Bertz CT molecular complexity index is 772. The number of nitrogens with one attached hydrogen (secondary N) is 1. The third-order valence-electron chi connectivity index (χ3n) is 5.40. The Kier molecular flexibility index (Phi) is 9.66. The molecule has 0 saturated carbocycles. The zero-order chi connectivity index (χ0) is 19.8. The number of nitrogens with two attached hydrogens (primary N) is 1. The number of aliphatic imine (C=N–C) groups is 1. The second-order valence-electron chi connectivity index (χ2n) is 7.31. The van der Waals surface area contributed by atoms with Gasteiger partial charge in [-0.1, -0.05) is 18.2 Å². The first kappa shape index (κ1) is 23.4. The van der Waals surface area contributed by atoms with Crippen molar-refractivity contribution in [1.29, 1.82) is 0 Å². The van der Waals surface area contributed by atoms with E-state index >= 15 is 0 Å². The van der Waals surface area contributed by atoms with Gasteiger partial charge in [0, 0.05) is 63.3 Å². The maximum Gasteiger partial charge on any atom is 0.188 e. The van der Waals surface area contributed by atoms with E-state index in [0.29, 0.717) is 5.96 Å². The average molecular weight is 508 g/mol. The number of aryl methyl sites for hydroxylation is 1. The molecule has 0 aliphatic carbocycles. The fraction of sp³-hybridized carbons (Fsp3) is 0.455. The number of halogens is 1. The van der Waals surface area contributed by atoms with Crippen molar-refractivity contribution in [2.24, 2.45) is 10.7 Å². The number of anilines is 1. The first-order valence-electron chi connectivity index (χ1n) is 10.1. The van der Waals surface area contributed by atoms with Crippen LogP contribution >= 0.6 is 24.0 Å². The number of hydrogen-bond donors (Lipinski definition) is 2. The van der Waals surface area contributed by atoms with Gasteiger partial charge in [0.25, 0.3) is 0 Å². The summed E-state index contributed by atoms with van der Waals surface area (Å²) in [5, 5.41) is 3.17. The standard InChI is InChI=1S/C22H32N6.HI/c1-18-6-5-8-21(19(18)2)28-16-14-27(15-17-28)13-12-26-22(23)25-11-9-20-7-3-4-10-24-20;/h3-8,10H,9,11-17H2,1-2H3,(H3,23,25,26);1H. The van der Waals surface area contributed by atoms with Gasteiger partial charge < -0.3 is 16.0 Å². The summed E-state index contributed by atoms with van der Waals surface area (Å²) in [5.41, 5.74) is 11.2. The van der Waals surface area contributed by atoms with Gasteiger partial charge in [0.15, 0.2) is 5.96 Å². The van der Waals surface area contributed by atoms with Gasteiger partial charge in [-0.25, -0.2) is 0 Å². The molecule has 0 amide bonds. The topological polar surface area (TPSA) is 69.8 Å². The van der Waals surface area contributed by atoms with Crippen LogP contribution < -0.4 is 16.0 Å². The smallest absolute Gasteiger partial charge is 0.188 e. The van der Waals surface area contributed by atoms with Gasteiger partial charge in [0.1, 0.15) is 0 Å².